The van der Waals surface area contributed by atoms with Crippen molar-refractivity contribution in [3.8, 4) is 0 Å². The summed E-state index contributed by atoms with van der Waals surface area (Å²) >= 11 is 0. The van der Waals surface area contributed by atoms with Crippen LogP contribution in [0.3, 0.4) is 0 Å². The number of rotatable bonds is 6. The first-order valence-corrected chi connectivity index (χ1v) is 5.43. The Morgan fingerprint density at radius 2 is 1.69 bits per heavy atom. The van der Waals surface area contributed by atoms with Crippen molar-refractivity contribution in [2.75, 3.05) is 13.2 Å². The Morgan fingerprint density at radius 1 is 1.12 bits per heavy atom. The summed E-state index contributed by atoms with van der Waals surface area (Å²) < 4.78 is 9.59. The molecule has 0 heterocycles. The zero-order chi connectivity index (χ0) is 12.6. The standard InChI is InChI=1S/C12H20O4/c1-5-15-10(13)7-8-12(3,4)9-11(14)16-6-2/h7-8H,5-6,9H2,1-4H3/b8-7+. The summed E-state index contributed by atoms with van der Waals surface area (Å²) in [5.74, 6) is -0.652. The van der Waals surface area contributed by atoms with Gasteiger partial charge in [-0.15, -0.1) is 0 Å². The second-order valence-corrected chi connectivity index (χ2v) is 4.06. The van der Waals surface area contributed by atoms with Gasteiger partial charge in [-0.05, 0) is 19.3 Å². The molecule has 0 aromatic carbocycles. The maximum absolute atomic E-state index is 11.3. The largest absolute Gasteiger partial charge is 0.466 e. The summed E-state index contributed by atoms with van der Waals surface area (Å²) in [5, 5.41) is 0. The number of ether oxygens (including phenoxy) is 2. The molecular weight excluding hydrogens is 208 g/mol. The first kappa shape index (κ1) is 14.7. The van der Waals surface area contributed by atoms with E-state index in [1.165, 1.54) is 6.08 Å². The molecule has 0 bridgehead atoms. The highest BCUT2D eigenvalue weighted by Gasteiger charge is 2.20. The lowest BCUT2D eigenvalue weighted by Gasteiger charge is -2.18. The average Bonchev–Trinajstić information content (AvgIpc) is 2.15. The van der Waals surface area contributed by atoms with Gasteiger partial charge < -0.3 is 9.47 Å². The summed E-state index contributed by atoms with van der Waals surface area (Å²) in [6.07, 6.45) is 3.27. The molecule has 0 aromatic heterocycles. The normalized spacial score (nSPS) is 11.5. The van der Waals surface area contributed by atoms with Gasteiger partial charge >= 0.3 is 11.9 Å². The quantitative estimate of drug-likeness (QED) is 0.516. The summed E-state index contributed by atoms with van der Waals surface area (Å²) in [7, 11) is 0. The molecule has 0 saturated carbocycles. The molecule has 0 fully saturated rings. The molecule has 0 rings (SSSR count). The maximum Gasteiger partial charge on any atom is 0.330 e. The summed E-state index contributed by atoms with van der Waals surface area (Å²) in [5.41, 5.74) is -0.404. The molecular formula is C12H20O4. The van der Waals surface area contributed by atoms with Crippen molar-refractivity contribution in [1.29, 1.82) is 0 Å². The molecule has 0 spiro atoms. The highest BCUT2D eigenvalue weighted by molar-refractivity contribution is 5.82. The average molecular weight is 228 g/mol. The highest BCUT2D eigenvalue weighted by Crippen LogP contribution is 2.22. The monoisotopic (exact) mass is 228 g/mol. The van der Waals surface area contributed by atoms with Gasteiger partial charge in [-0.1, -0.05) is 19.9 Å². The van der Waals surface area contributed by atoms with E-state index in [9.17, 15) is 9.59 Å². The minimum atomic E-state index is -0.404. The molecule has 0 N–H and O–H groups in total. The van der Waals surface area contributed by atoms with Gasteiger partial charge in [0.2, 0.25) is 0 Å². The molecule has 0 amide bonds. The Balaban J connectivity index is 4.22. The van der Waals surface area contributed by atoms with Gasteiger partial charge in [0.05, 0.1) is 19.6 Å². The van der Waals surface area contributed by atoms with Crippen LogP contribution in [0.5, 0.6) is 0 Å². The van der Waals surface area contributed by atoms with E-state index in [4.69, 9.17) is 9.47 Å². The third kappa shape index (κ3) is 7.04. The van der Waals surface area contributed by atoms with E-state index in [-0.39, 0.29) is 18.4 Å². The summed E-state index contributed by atoms with van der Waals surface area (Å²) in [6.45, 7) is 7.95. The number of esters is 2. The number of allylic oxidation sites excluding steroid dienone is 1. The van der Waals surface area contributed by atoms with Crippen molar-refractivity contribution in [2.24, 2.45) is 5.41 Å². The number of hydrogen-bond donors (Lipinski definition) is 0. The van der Waals surface area contributed by atoms with Gasteiger partial charge in [0.25, 0.3) is 0 Å². The molecule has 0 unspecified atom stereocenters. The van der Waals surface area contributed by atoms with Crippen LogP contribution < -0.4 is 0 Å². The van der Waals surface area contributed by atoms with Gasteiger partial charge in [-0.2, -0.15) is 0 Å². The Labute approximate surface area is 96.6 Å². The molecule has 0 aliphatic rings. The Kier molecular flexibility index (Phi) is 6.46. The van der Waals surface area contributed by atoms with Crippen molar-refractivity contribution in [3.63, 3.8) is 0 Å². The van der Waals surface area contributed by atoms with Gasteiger partial charge in [0.1, 0.15) is 0 Å². The van der Waals surface area contributed by atoms with Crippen LogP contribution in [0.2, 0.25) is 0 Å². The Bertz CT molecular complexity index is 266. The van der Waals surface area contributed by atoms with Crippen molar-refractivity contribution < 1.29 is 19.1 Å². The second kappa shape index (κ2) is 7.04. The molecule has 92 valence electrons. The molecule has 0 radical (unpaired) electrons. The van der Waals surface area contributed by atoms with E-state index in [0.29, 0.717) is 13.2 Å². The number of carbonyl (C=O) groups is 2. The molecule has 0 aliphatic heterocycles. The fourth-order valence-corrected chi connectivity index (χ4v) is 1.13. The van der Waals surface area contributed by atoms with Crippen molar-refractivity contribution >= 4 is 11.9 Å². The van der Waals surface area contributed by atoms with E-state index in [1.807, 2.05) is 13.8 Å². The lowest BCUT2D eigenvalue weighted by atomic mass is 9.89. The fraction of sp³-hybridized carbons (Fsp3) is 0.667. The van der Waals surface area contributed by atoms with Crippen LogP contribution in [0.15, 0.2) is 12.2 Å². The Hall–Kier alpha value is -1.32. The smallest absolute Gasteiger partial charge is 0.330 e. The van der Waals surface area contributed by atoms with Crippen LogP contribution in [-0.4, -0.2) is 25.2 Å². The first-order valence-electron chi connectivity index (χ1n) is 5.43. The van der Waals surface area contributed by atoms with Gasteiger partial charge in [0.15, 0.2) is 0 Å². The molecule has 4 heteroatoms. The van der Waals surface area contributed by atoms with Crippen LogP contribution in [-0.2, 0) is 19.1 Å². The summed E-state index contributed by atoms with van der Waals surface area (Å²) in [6, 6.07) is 0. The first-order chi connectivity index (χ1) is 7.41. The van der Waals surface area contributed by atoms with E-state index >= 15 is 0 Å². The third-order valence-electron chi connectivity index (χ3n) is 1.86. The van der Waals surface area contributed by atoms with Crippen LogP contribution in [0, 0.1) is 5.41 Å². The topological polar surface area (TPSA) is 52.6 Å². The van der Waals surface area contributed by atoms with Gasteiger partial charge in [0, 0.05) is 6.08 Å². The van der Waals surface area contributed by atoms with Crippen molar-refractivity contribution in [3.05, 3.63) is 12.2 Å². The Morgan fingerprint density at radius 3 is 2.19 bits per heavy atom. The van der Waals surface area contributed by atoms with Crippen LogP contribution in [0.4, 0.5) is 0 Å². The number of carbonyl (C=O) groups excluding carboxylic acids is 2. The van der Waals surface area contributed by atoms with Gasteiger partial charge in [-0.3, -0.25) is 4.79 Å². The molecule has 0 aliphatic carbocycles. The minimum absolute atomic E-state index is 0.247. The summed E-state index contributed by atoms with van der Waals surface area (Å²) in [4.78, 5) is 22.3. The second-order valence-electron chi connectivity index (χ2n) is 4.06. The zero-order valence-corrected chi connectivity index (χ0v) is 10.4. The minimum Gasteiger partial charge on any atom is -0.466 e. The van der Waals surface area contributed by atoms with Crippen molar-refractivity contribution in [1.82, 2.24) is 0 Å². The van der Waals surface area contributed by atoms with Crippen LogP contribution in [0.1, 0.15) is 34.1 Å². The van der Waals surface area contributed by atoms with Gasteiger partial charge in [-0.25, -0.2) is 4.79 Å². The van der Waals surface area contributed by atoms with E-state index < -0.39 is 5.41 Å². The lowest BCUT2D eigenvalue weighted by molar-refractivity contribution is -0.145. The predicted octanol–water partition coefficient (Wildman–Crippen LogP) is 2.09. The third-order valence-corrected chi connectivity index (χ3v) is 1.86. The van der Waals surface area contributed by atoms with E-state index in [2.05, 4.69) is 0 Å². The lowest BCUT2D eigenvalue weighted by Crippen LogP contribution is -2.17. The molecule has 0 atom stereocenters. The molecule has 0 aromatic rings. The zero-order valence-electron chi connectivity index (χ0n) is 10.4. The van der Waals surface area contributed by atoms with E-state index in [1.54, 1.807) is 19.9 Å². The van der Waals surface area contributed by atoms with Crippen LogP contribution in [0.25, 0.3) is 0 Å². The predicted molar refractivity (Wildman–Crippen MR) is 60.8 cm³/mol. The fourth-order valence-electron chi connectivity index (χ4n) is 1.13. The maximum atomic E-state index is 11.3. The molecule has 0 saturated heterocycles. The SMILES string of the molecule is CCOC(=O)/C=C/C(C)(C)CC(=O)OCC. The van der Waals surface area contributed by atoms with Crippen LogP contribution >= 0.6 is 0 Å². The highest BCUT2D eigenvalue weighted by atomic mass is 16.5. The van der Waals surface area contributed by atoms with Crippen molar-refractivity contribution in [2.45, 2.75) is 34.1 Å². The number of hydrogen-bond acceptors (Lipinski definition) is 4. The molecule has 4 nitrogen and oxygen atoms in total. The van der Waals surface area contributed by atoms with E-state index in [0.717, 1.165) is 0 Å². The molecule has 16 heavy (non-hydrogen) atoms.